The molecular formula is C18H14BrClN4S. The van der Waals surface area contributed by atoms with Crippen LogP contribution in [0.1, 0.15) is 0 Å². The molecule has 4 nitrogen and oxygen atoms in total. The van der Waals surface area contributed by atoms with Crippen LogP contribution in [0.2, 0.25) is 0 Å². The second-order valence-corrected chi connectivity index (χ2v) is 7.78. The van der Waals surface area contributed by atoms with Crippen molar-refractivity contribution in [3.63, 3.8) is 0 Å². The quantitative estimate of drug-likeness (QED) is 0.381. The van der Waals surface area contributed by atoms with Crippen LogP contribution in [0.25, 0.3) is 22.2 Å². The van der Waals surface area contributed by atoms with Gasteiger partial charge in [0.25, 0.3) is 0 Å². The molecule has 1 N–H and O–H groups in total. The number of nitrogens with zero attached hydrogens (tertiary/aromatic N) is 3. The van der Waals surface area contributed by atoms with Crippen molar-refractivity contribution < 1.29 is 17.0 Å². The summed E-state index contributed by atoms with van der Waals surface area (Å²) in [5.41, 5.74) is 4.00. The molecule has 0 unspecified atom stereocenters. The van der Waals surface area contributed by atoms with Crippen molar-refractivity contribution in [2.45, 2.75) is 0 Å². The number of nitrogens with one attached hydrogen (secondary N) is 1. The first-order valence-electron chi connectivity index (χ1n) is 7.45. The van der Waals surface area contributed by atoms with Gasteiger partial charge in [-0.2, -0.15) is 0 Å². The third-order valence-corrected chi connectivity index (χ3v) is 5.31. The van der Waals surface area contributed by atoms with Crippen LogP contribution in [0.3, 0.4) is 0 Å². The standard InChI is InChI=1S/C18H13BrN4S.ClH/c1-23-11-15(19)24-18(23)22-21-17-13-9-5-6-10-14(13)20-16(17)12-7-3-2-4-8-12;/h2-11H,1H3;1H. The van der Waals surface area contributed by atoms with Crippen molar-refractivity contribution in [2.75, 3.05) is 0 Å². The Morgan fingerprint density at radius 1 is 1.00 bits per heavy atom. The number of fused-ring (bicyclic) bond motifs is 1. The molecule has 0 bridgehead atoms. The van der Waals surface area contributed by atoms with Crippen molar-refractivity contribution in [3.8, 4) is 11.3 Å². The van der Waals surface area contributed by atoms with Gasteiger partial charge in [0.05, 0.1) is 17.9 Å². The lowest BCUT2D eigenvalue weighted by Gasteiger charge is -1.97. The maximum Gasteiger partial charge on any atom is 0.409 e. The molecule has 0 fully saturated rings. The lowest BCUT2D eigenvalue weighted by molar-refractivity contribution is -0.654. The van der Waals surface area contributed by atoms with E-state index in [-0.39, 0.29) is 12.4 Å². The minimum absolute atomic E-state index is 0. The number of aromatic amines is 1. The summed E-state index contributed by atoms with van der Waals surface area (Å²) in [6, 6.07) is 18.4. The molecule has 0 radical (unpaired) electrons. The van der Waals surface area contributed by atoms with Crippen LogP contribution >= 0.6 is 27.3 Å². The third kappa shape index (κ3) is 3.51. The van der Waals surface area contributed by atoms with E-state index < -0.39 is 0 Å². The summed E-state index contributed by atoms with van der Waals surface area (Å²) < 4.78 is 2.98. The van der Waals surface area contributed by atoms with Crippen molar-refractivity contribution in [3.05, 3.63) is 64.6 Å². The minimum atomic E-state index is 0. The summed E-state index contributed by atoms with van der Waals surface area (Å²) in [5.74, 6) is 0. The molecule has 2 heterocycles. The minimum Gasteiger partial charge on any atom is -1.00 e. The average Bonchev–Trinajstić information content (AvgIpc) is 3.13. The summed E-state index contributed by atoms with van der Waals surface area (Å²) in [7, 11) is 1.96. The molecule has 126 valence electrons. The van der Waals surface area contributed by atoms with Crippen molar-refractivity contribution in [1.29, 1.82) is 0 Å². The second kappa shape index (κ2) is 7.47. The van der Waals surface area contributed by atoms with E-state index in [1.165, 1.54) is 0 Å². The highest BCUT2D eigenvalue weighted by atomic mass is 79.9. The molecule has 0 atom stereocenters. The van der Waals surface area contributed by atoms with Crippen molar-refractivity contribution in [2.24, 2.45) is 17.3 Å². The molecule has 0 aliphatic carbocycles. The first kappa shape index (κ1) is 17.8. The van der Waals surface area contributed by atoms with Crippen LogP contribution in [-0.2, 0) is 7.05 Å². The molecule has 2 aromatic carbocycles. The summed E-state index contributed by atoms with van der Waals surface area (Å²) in [5, 5.41) is 10.9. The molecule has 0 aliphatic heterocycles. The number of H-pyrrole nitrogens is 1. The number of aryl methyl sites for hydroxylation is 1. The fourth-order valence-electron chi connectivity index (χ4n) is 2.62. The number of benzene rings is 2. The van der Waals surface area contributed by atoms with Crippen molar-refractivity contribution >= 4 is 49.0 Å². The number of aromatic nitrogens is 2. The van der Waals surface area contributed by atoms with Crippen LogP contribution in [0.5, 0.6) is 0 Å². The predicted octanol–water partition coefficient (Wildman–Crippen LogP) is 2.90. The Labute approximate surface area is 163 Å². The lowest BCUT2D eigenvalue weighted by Crippen LogP contribution is -3.00. The highest BCUT2D eigenvalue weighted by Gasteiger charge is 2.17. The van der Waals surface area contributed by atoms with Gasteiger partial charge in [0.15, 0.2) is 0 Å². The number of hydrogen-bond acceptors (Lipinski definition) is 3. The Balaban J connectivity index is 0.00000182. The van der Waals surface area contributed by atoms with Gasteiger partial charge in [0.1, 0.15) is 15.7 Å². The van der Waals surface area contributed by atoms with Crippen LogP contribution < -0.4 is 17.0 Å². The molecule has 0 saturated carbocycles. The zero-order valence-electron chi connectivity index (χ0n) is 13.3. The van der Waals surface area contributed by atoms with Gasteiger partial charge in [-0.05, 0) is 38.4 Å². The van der Waals surface area contributed by atoms with Gasteiger partial charge in [-0.1, -0.05) is 48.5 Å². The van der Waals surface area contributed by atoms with Gasteiger partial charge in [-0.25, -0.2) is 4.57 Å². The van der Waals surface area contributed by atoms with E-state index in [4.69, 9.17) is 0 Å². The molecular weight excluding hydrogens is 420 g/mol. The van der Waals surface area contributed by atoms with Crippen molar-refractivity contribution in [1.82, 2.24) is 4.98 Å². The molecule has 4 rings (SSSR count). The Morgan fingerprint density at radius 3 is 2.44 bits per heavy atom. The number of para-hydroxylation sites is 1. The average molecular weight is 434 g/mol. The summed E-state index contributed by atoms with van der Waals surface area (Å²) in [6.45, 7) is 0. The maximum absolute atomic E-state index is 4.58. The molecule has 0 saturated heterocycles. The highest BCUT2D eigenvalue weighted by molar-refractivity contribution is 9.11. The van der Waals surface area contributed by atoms with E-state index in [0.717, 1.165) is 36.8 Å². The fraction of sp³-hybridized carbons (Fsp3) is 0.0556. The molecule has 0 amide bonds. The monoisotopic (exact) mass is 432 g/mol. The molecule has 2 aromatic heterocycles. The molecule has 7 heteroatoms. The zero-order chi connectivity index (χ0) is 16.5. The Hall–Kier alpha value is -2.02. The smallest absolute Gasteiger partial charge is 0.409 e. The third-order valence-electron chi connectivity index (χ3n) is 3.76. The van der Waals surface area contributed by atoms with E-state index in [1.807, 2.05) is 48.1 Å². The first-order chi connectivity index (χ1) is 11.7. The summed E-state index contributed by atoms with van der Waals surface area (Å²) >= 11 is 5.03. The number of hydrogen-bond donors (Lipinski definition) is 1. The molecule has 0 aliphatic rings. The van der Waals surface area contributed by atoms with Gasteiger partial charge in [-0.15, -0.1) is 0 Å². The number of halogens is 2. The van der Waals surface area contributed by atoms with Crippen LogP contribution in [0, 0.1) is 0 Å². The van der Waals surface area contributed by atoms with Crippen LogP contribution in [0.15, 0.2) is 74.8 Å². The Kier molecular flexibility index (Phi) is 5.32. The lowest BCUT2D eigenvalue weighted by atomic mass is 10.1. The first-order valence-corrected chi connectivity index (χ1v) is 9.06. The van der Waals surface area contributed by atoms with E-state index in [2.05, 4.69) is 55.4 Å². The zero-order valence-corrected chi connectivity index (χ0v) is 16.4. The van der Waals surface area contributed by atoms with Crippen LogP contribution in [-0.4, -0.2) is 4.98 Å². The summed E-state index contributed by atoms with van der Waals surface area (Å²) in [6.07, 6.45) is 1.98. The molecule has 25 heavy (non-hydrogen) atoms. The second-order valence-electron chi connectivity index (χ2n) is 5.39. The van der Waals surface area contributed by atoms with Gasteiger partial charge < -0.3 is 17.4 Å². The maximum atomic E-state index is 4.58. The van der Waals surface area contributed by atoms with Gasteiger partial charge >= 0.3 is 5.13 Å². The largest absolute Gasteiger partial charge is 1.00 e. The van der Waals surface area contributed by atoms with E-state index in [1.54, 1.807) is 11.3 Å². The van der Waals surface area contributed by atoms with E-state index >= 15 is 0 Å². The predicted molar refractivity (Wildman–Crippen MR) is 101 cm³/mol. The fourth-order valence-corrected chi connectivity index (χ4v) is 4.03. The SMILES string of the molecule is C[n+]1cc(Br)sc1N=Nc1c(-c2ccccc2)[nH]c2ccccc12.[Cl-]. The number of thiazole rings is 1. The topological polar surface area (TPSA) is 44.4 Å². The molecule has 0 spiro atoms. The van der Waals surface area contributed by atoms with Crippen LogP contribution in [0.4, 0.5) is 10.8 Å². The van der Waals surface area contributed by atoms with Gasteiger partial charge in [-0.3, -0.25) is 0 Å². The highest BCUT2D eigenvalue weighted by Crippen LogP contribution is 2.38. The molecule has 4 aromatic rings. The number of azo groups is 1. The van der Waals surface area contributed by atoms with Gasteiger partial charge in [0.2, 0.25) is 0 Å². The summed E-state index contributed by atoms with van der Waals surface area (Å²) in [4.78, 5) is 3.47. The normalized spacial score (nSPS) is 11.1. The van der Waals surface area contributed by atoms with Gasteiger partial charge in [0, 0.05) is 16.5 Å². The van der Waals surface area contributed by atoms with E-state index in [9.17, 15) is 0 Å². The van der Waals surface area contributed by atoms with E-state index in [0.29, 0.717) is 0 Å². The Morgan fingerprint density at radius 2 is 1.72 bits per heavy atom. The number of rotatable bonds is 3. The Bertz CT molecular complexity index is 1040.